The van der Waals surface area contributed by atoms with E-state index >= 15 is 0 Å². The van der Waals surface area contributed by atoms with E-state index in [4.69, 9.17) is 15.7 Å². The summed E-state index contributed by atoms with van der Waals surface area (Å²) < 4.78 is 5.83. The normalized spacial score (nSPS) is 20.9. The highest BCUT2D eigenvalue weighted by Gasteiger charge is 2.16. The predicted molar refractivity (Wildman–Crippen MR) is 64.6 cm³/mol. The zero-order valence-corrected chi connectivity index (χ0v) is 10.2. The van der Waals surface area contributed by atoms with Gasteiger partial charge < -0.3 is 15.7 Å². The summed E-state index contributed by atoms with van der Waals surface area (Å²) in [6, 6.07) is 0. The van der Waals surface area contributed by atoms with E-state index < -0.39 is 0 Å². The van der Waals surface area contributed by atoms with E-state index in [1.807, 2.05) is 0 Å². The second-order valence-electron chi connectivity index (χ2n) is 4.66. The molecular weight excluding hydrogens is 204 g/mol. The summed E-state index contributed by atoms with van der Waals surface area (Å²) in [5.74, 6) is 0.977. The third kappa shape index (κ3) is 4.84. The smallest absolute Gasteiger partial charge is 0.141 e. The van der Waals surface area contributed by atoms with Crippen LogP contribution in [0.15, 0.2) is 5.16 Å². The first-order valence-electron chi connectivity index (χ1n) is 6.34. The van der Waals surface area contributed by atoms with E-state index in [-0.39, 0.29) is 11.9 Å². The van der Waals surface area contributed by atoms with Crippen molar-refractivity contribution >= 4 is 5.84 Å². The van der Waals surface area contributed by atoms with E-state index in [9.17, 15) is 0 Å². The number of hydrogen-bond donors (Lipinski definition) is 2. The average Bonchev–Trinajstić information content (AvgIpc) is 2.35. The molecule has 4 nitrogen and oxygen atoms in total. The molecule has 3 N–H and O–H groups in total. The summed E-state index contributed by atoms with van der Waals surface area (Å²) in [6.45, 7) is 2.90. The van der Waals surface area contributed by atoms with Crippen LogP contribution in [0.5, 0.6) is 0 Å². The molecule has 1 aliphatic carbocycles. The molecule has 0 spiro atoms. The lowest BCUT2D eigenvalue weighted by Gasteiger charge is -2.24. The minimum atomic E-state index is 0.0952. The van der Waals surface area contributed by atoms with Crippen LogP contribution < -0.4 is 5.73 Å². The average molecular weight is 228 g/mol. The molecule has 0 radical (unpaired) electrons. The van der Waals surface area contributed by atoms with Crippen molar-refractivity contribution in [1.29, 1.82) is 0 Å². The van der Waals surface area contributed by atoms with Crippen molar-refractivity contribution in [1.82, 2.24) is 0 Å². The van der Waals surface area contributed by atoms with Crippen molar-refractivity contribution in [2.24, 2.45) is 16.8 Å². The van der Waals surface area contributed by atoms with Crippen LogP contribution in [-0.2, 0) is 4.74 Å². The van der Waals surface area contributed by atoms with Gasteiger partial charge in [0.05, 0.1) is 6.10 Å². The van der Waals surface area contributed by atoms with Gasteiger partial charge in [0.15, 0.2) is 0 Å². The highest BCUT2D eigenvalue weighted by molar-refractivity contribution is 5.80. The summed E-state index contributed by atoms with van der Waals surface area (Å²) in [5, 5.41) is 11.5. The van der Waals surface area contributed by atoms with Gasteiger partial charge in [-0.15, -0.1) is 0 Å². The minimum absolute atomic E-state index is 0.0952. The lowest BCUT2D eigenvalue weighted by Crippen LogP contribution is -2.25. The third-order valence-corrected chi connectivity index (χ3v) is 3.31. The fourth-order valence-corrected chi connectivity index (χ4v) is 2.22. The van der Waals surface area contributed by atoms with Crippen molar-refractivity contribution in [3.8, 4) is 0 Å². The van der Waals surface area contributed by atoms with Crippen LogP contribution in [0.1, 0.15) is 51.9 Å². The maximum Gasteiger partial charge on any atom is 0.141 e. The standard InChI is InChI=1S/C12H24N2O2/c1-2-11(8-12(13)14-15)16-9-10-6-4-3-5-7-10/h10-11,15H,2-9H2,1H3,(H2,13,14). The Morgan fingerprint density at radius 2 is 2.12 bits per heavy atom. The van der Waals surface area contributed by atoms with Crippen LogP contribution in [0, 0.1) is 5.92 Å². The Morgan fingerprint density at radius 1 is 1.44 bits per heavy atom. The molecule has 0 amide bonds. The fraction of sp³-hybridized carbons (Fsp3) is 0.917. The Labute approximate surface area is 97.8 Å². The Kier molecular flexibility index (Phi) is 6.23. The van der Waals surface area contributed by atoms with Crippen LogP contribution in [0.3, 0.4) is 0 Å². The number of nitrogens with two attached hydrogens (primary N) is 1. The topological polar surface area (TPSA) is 67.8 Å². The van der Waals surface area contributed by atoms with E-state index in [0.29, 0.717) is 6.42 Å². The van der Waals surface area contributed by atoms with Gasteiger partial charge in [-0.2, -0.15) is 0 Å². The second kappa shape index (κ2) is 7.49. The van der Waals surface area contributed by atoms with Gasteiger partial charge in [0.2, 0.25) is 0 Å². The number of ether oxygens (including phenoxy) is 1. The molecule has 1 saturated carbocycles. The van der Waals surface area contributed by atoms with Gasteiger partial charge in [-0.05, 0) is 25.2 Å². The van der Waals surface area contributed by atoms with Crippen molar-refractivity contribution < 1.29 is 9.94 Å². The van der Waals surface area contributed by atoms with E-state index in [1.54, 1.807) is 0 Å². The number of amidine groups is 1. The molecule has 1 rings (SSSR count). The maximum absolute atomic E-state index is 8.50. The highest BCUT2D eigenvalue weighted by atomic mass is 16.5. The van der Waals surface area contributed by atoms with Crippen LogP contribution in [0.25, 0.3) is 0 Å². The van der Waals surface area contributed by atoms with Gasteiger partial charge in [0, 0.05) is 13.0 Å². The van der Waals surface area contributed by atoms with E-state index in [0.717, 1.165) is 18.9 Å². The summed E-state index contributed by atoms with van der Waals surface area (Å²) >= 11 is 0. The lowest BCUT2D eigenvalue weighted by atomic mass is 9.90. The lowest BCUT2D eigenvalue weighted by molar-refractivity contribution is 0.0224. The Bertz CT molecular complexity index is 213. The molecule has 0 aromatic carbocycles. The van der Waals surface area contributed by atoms with Crippen molar-refractivity contribution in [2.45, 2.75) is 58.0 Å². The van der Waals surface area contributed by atoms with Crippen molar-refractivity contribution in [3.63, 3.8) is 0 Å². The van der Waals surface area contributed by atoms with Crippen LogP contribution in [-0.4, -0.2) is 23.8 Å². The van der Waals surface area contributed by atoms with Gasteiger partial charge in [0.1, 0.15) is 5.84 Å². The molecule has 0 aliphatic heterocycles. The molecule has 1 fully saturated rings. The molecule has 0 bridgehead atoms. The summed E-state index contributed by atoms with van der Waals surface area (Å²) in [7, 11) is 0. The molecule has 16 heavy (non-hydrogen) atoms. The zero-order valence-electron chi connectivity index (χ0n) is 10.2. The number of oxime groups is 1. The van der Waals surface area contributed by atoms with Gasteiger partial charge in [-0.25, -0.2) is 0 Å². The number of nitrogens with zero attached hydrogens (tertiary/aromatic N) is 1. The predicted octanol–water partition coefficient (Wildman–Crippen LogP) is 2.50. The SMILES string of the molecule is CCC(CC(N)=NO)OCC1CCCCC1. The molecule has 0 aromatic heterocycles. The van der Waals surface area contributed by atoms with Gasteiger partial charge in [-0.1, -0.05) is 31.3 Å². The van der Waals surface area contributed by atoms with Crippen LogP contribution in [0.4, 0.5) is 0 Å². The molecule has 1 unspecified atom stereocenters. The summed E-state index contributed by atoms with van der Waals surface area (Å²) in [5.41, 5.74) is 5.48. The van der Waals surface area contributed by atoms with E-state index in [2.05, 4.69) is 12.1 Å². The molecule has 94 valence electrons. The van der Waals surface area contributed by atoms with Gasteiger partial charge in [-0.3, -0.25) is 0 Å². The van der Waals surface area contributed by atoms with Crippen LogP contribution >= 0.6 is 0 Å². The minimum Gasteiger partial charge on any atom is -0.409 e. The Hall–Kier alpha value is -0.770. The monoisotopic (exact) mass is 228 g/mol. The molecule has 0 heterocycles. The highest BCUT2D eigenvalue weighted by Crippen LogP contribution is 2.24. The first-order chi connectivity index (χ1) is 7.76. The molecule has 0 saturated heterocycles. The van der Waals surface area contributed by atoms with Crippen molar-refractivity contribution in [3.05, 3.63) is 0 Å². The molecule has 4 heteroatoms. The third-order valence-electron chi connectivity index (χ3n) is 3.31. The molecule has 1 atom stereocenters. The number of hydrogen-bond acceptors (Lipinski definition) is 3. The first kappa shape index (κ1) is 13.3. The Balaban J connectivity index is 2.22. The zero-order chi connectivity index (χ0) is 11.8. The molecule has 1 aliphatic rings. The quantitative estimate of drug-likeness (QED) is 0.317. The van der Waals surface area contributed by atoms with Gasteiger partial charge >= 0.3 is 0 Å². The number of rotatable bonds is 6. The molecule has 0 aromatic rings. The van der Waals surface area contributed by atoms with E-state index in [1.165, 1.54) is 32.1 Å². The maximum atomic E-state index is 8.50. The fourth-order valence-electron chi connectivity index (χ4n) is 2.22. The van der Waals surface area contributed by atoms with Crippen molar-refractivity contribution in [2.75, 3.05) is 6.61 Å². The first-order valence-corrected chi connectivity index (χ1v) is 6.34. The van der Waals surface area contributed by atoms with Crippen LogP contribution in [0.2, 0.25) is 0 Å². The van der Waals surface area contributed by atoms with Gasteiger partial charge in [0.25, 0.3) is 0 Å². The second-order valence-corrected chi connectivity index (χ2v) is 4.66. The summed E-state index contributed by atoms with van der Waals surface area (Å²) in [4.78, 5) is 0. The Morgan fingerprint density at radius 3 is 2.69 bits per heavy atom. The summed E-state index contributed by atoms with van der Waals surface area (Å²) in [6.07, 6.45) is 8.16. The molecular formula is C12H24N2O2. The largest absolute Gasteiger partial charge is 0.409 e.